The second kappa shape index (κ2) is 5.15. The Labute approximate surface area is 97.3 Å². The van der Waals surface area contributed by atoms with Crippen LogP contribution >= 0.6 is 0 Å². The lowest BCUT2D eigenvalue weighted by molar-refractivity contribution is -0.144. The quantitative estimate of drug-likeness (QED) is 0.707. The van der Waals surface area contributed by atoms with E-state index in [1.807, 2.05) is 4.90 Å². The summed E-state index contributed by atoms with van der Waals surface area (Å²) in [6.07, 6.45) is 1.02. The van der Waals surface area contributed by atoms with Crippen LogP contribution in [0.2, 0.25) is 0 Å². The van der Waals surface area contributed by atoms with E-state index in [9.17, 15) is 4.79 Å². The Bertz CT molecular complexity index is 257. The van der Waals surface area contributed by atoms with Crippen LogP contribution in [0.1, 0.15) is 20.3 Å². The first-order valence-corrected chi connectivity index (χ1v) is 6.27. The first kappa shape index (κ1) is 11.9. The number of carbonyl (C=O) groups excluding carboxylic acids is 1. The van der Waals surface area contributed by atoms with Crippen LogP contribution < -0.4 is 5.32 Å². The van der Waals surface area contributed by atoms with Crippen molar-refractivity contribution in [3.8, 4) is 0 Å². The SMILES string of the molecule is CC1CNCC(C(=O)N2CCOCC2C)C1. The molecule has 2 heterocycles. The number of rotatable bonds is 1. The lowest BCUT2D eigenvalue weighted by atomic mass is 9.90. The van der Waals surface area contributed by atoms with Gasteiger partial charge >= 0.3 is 0 Å². The highest BCUT2D eigenvalue weighted by Gasteiger charge is 2.32. The zero-order valence-corrected chi connectivity index (χ0v) is 10.2. The van der Waals surface area contributed by atoms with E-state index >= 15 is 0 Å². The molecule has 3 atom stereocenters. The minimum atomic E-state index is 0.171. The number of piperidine rings is 1. The Morgan fingerprint density at radius 3 is 2.88 bits per heavy atom. The molecule has 3 unspecified atom stereocenters. The summed E-state index contributed by atoms with van der Waals surface area (Å²) in [5, 5.41) is 3.34. The van der Waals surface area contributed by atoms with E-state index < -0.39 is 0 Å². The maximum atomic E-state index is 12.3. The van der Waals surface area contributed by atoms with Gasteiger partial charge < -0.3 is 15.0 Å². The molecule has 0 radical (unpaired) electrons. The second-order valence-electron chi connectivity index (χ2n) is 5.15. The molecule has 0 aliphatic carbocycles. The molecular formula is C12H22N2O2. The van der Waals surface area contributed by atoms with Crippen LogP contribution in [0, 0.1) is 11.8 Å². The molecule has 0 spiro atoms. The highest BCUT2D eigenvalue weighted by molar-refractivity contribution is 5.79. The van der Waals surface area contributed by atoms with Crippen LogP contribution in [0.25, 0.3) is 0 Å². The van der Waals surface area contributed by atoms with Crippen molar-refractivity contribution >= 4 is 5.91 Å². The molecule has 1 amide bonds. The molecule has 2 aliphatic rings. The van der Waals surface area contributed by atoms with E-state index in [1.165, 1.54) is 0 Å². The van der Waals surface area contributed by atoms with Gasteiger partial charge in [0, 0.05) is 13.1 Å². The molecule has 16 heavy (non-hydrogen) atoms. The Balaban J connectivity index is 1.94. The van der Waals surface area contributed by atoms with Crippen LogP contribution in [0.5, 0.6) is 0 Å². The number of ether oxygens (including phenoxy) is 1. The summed E-state index contributed by atoms with van der Waals surface area (Å²) in [4.78, 5) is 14.3. The number of amides is 1. The second-order valence-corrected chi connectivity index (χ2v) is 5.15. The van der Waals surface area contributed by atoms with Gasteiger partial charge in [0.25, 0.3) is 0 Å². The average Bonchev–Trinajstić information content (AvgIpc) is 2.29. The molecule has 2 aliphatic heterocycles. The van der Waals surface area contributed by atoms with Crippen LogP contribution in [-0.2, 0) is 9.53 Å². The van der Waals surface area contributed by atoms with Gasteiger partial charge in [-0.25, -0.2) is 0 Å². The Morgan fingerprint density at radius 1 is 1.38 bits per heavy atom. The monoisotopic (exact) mass is 226 g/mol. The number of morpholine rings is 1. The minimum Gasteiger partial charge on any atom is -0.377 e. The lowest BCUT2D eigenvalue weighted by Crippen LogP contribution is -2.52. The fraction of sp³-hybridized carbons (Fsp3) is 0.917. The van der Waals surface area contributed by atoms with Gasteiger partial charge in [-0.3, -0.25) is 4.79 Å². The van der Waals surface area contributed by atoms with Crippen LogP contribution in [0.4, 0.5) is 0 Å². The third-order valence-corrected chi connectivity index (χ3v) is 3.57. The predicted octanol–water partition coefficient (Wildman–Crippen LogP) is 0.479. The highest BCUT2D eigenvalue weighted by atomic mass is 16.5. The zero-order valence-electron chi connectivity index (χ0n) is 10.2. The van der Waals surface area contributed by atoms with E-state index in [-0.39, 0.29) is 12.0 Å². The molecule has 4 nitrogen and oxygen atoms in total. The van der Waals surface area contributed by atoms with E-state index in [1.54, 1.807) is 0 Å². The molecule has 4 heteroatoms. The molecule has 0 saturated carbocycles. The first-order valence-electron chi connectivity index (χ1n) is 6.27. The van der Waals surface area contributed by atoms with Gasteiger partial charge in [-0.15, -0.1) is 0 Å². The Morgan fingerprint density at radius 2 is 2.19 bits per heavy atom. The fourth-order valence-corrected chi connectivity index (χ4v) is 2.63. The Kier molecular flexibility index (Phi) is 3.82. The van der Waals surface area contributed by atoms with Crippen molar-refractivity contribution in [1.82, 2.24) is 10.2 Å². The predicted molar refractivity (Wildman–Crippen MR) is 62.1 cm³/mol. The molecule has 0 aromatic carbocycles. The molecule has 2 rings (SSSR count). The summed E-state index contributed by atoms with van der Waals surface area (Å²) in [7, 11) is 0. The van der Waals surface area contributed by atoms with Gasteiger partial charge in [-0.05, 0) is 25.8 Å². The smallest absolute Gasteiger partial charge is 0.227 e. The molecule has 2 fully saturated rings. The first-order chi connectivity index (χ1) is 7.68. The van der Waals surface area contributed by atoms with Gasteiger partial charge in [-0.2, -0.15) is 0 Å². The van der Waals surface area contributed by atoms with Crippen LogP contribution in [0.15, 0.2) is 0 Å². The number of carbonyl (C=O) groups is 1. The van der Waals surface area contributed by atoms with E-state index in [0.717, 1.165) is 26.1 Å². The third-order valence-electron chi connectivity index (χ3n) is 3.57. The maximum absolute atomic E-state index is 12.3. The Hall–Kier alpha value is -0.610. The topological polar surface area (TPSA) is 41.6 Å². The van der Waals surface area contributed by atoms with Crippen molar-refractivity contribution in [1.29, 1.82) is 0 Å². The molecule has 1 N–H and O–H groups in total. The summed E-state index contributed by atoms with van der Waals surface area (Å²) in [5.74, 6) is 1.10. The summed E-state index contributed by atoms with van der Waals surface area (Å²) in [5.41, 5.74) is 0. The van der Waals surface area contributed by atoms with Crippen molar-refractivity contribution in [2.45, 2.75) is 26.3 Å². The number of hydrogen-bond donors (Lipinski definition) is 1. The summed E-state index contributed by atoms with van der Waals surface area (Å²) < 4.78 is 5.36. The molecule has 0 aromatic rings. The number of hydrogen-bond acceptors (Lipinski definition) is 3. The van der Waals surface area contributed by atoms with Crippen molar-refractivity contribution in [2.24, 2.45) is 11.8 Å². The third kappa shape index (κ3) is 2.55. The standard InChI is InChI=1S/C12H22N2O2/c1-9-5-11(7-13-6-9)12(15)14-3-4-16-8-10(14)2/h9-11,13H,3-8H2,1-2H3. The van der Waals surface area contributed by atoms with Crippen molar-refractivity contribution in [2.75, 3.05) is 32.8 Å². The van der Waals surface area contributed by atoms with Gasteiger partial charge in [0.05, 0.1) is 25.2 Å². The van der Waals surface area contributed by atoms with Crippen LogP contribution in [-0.4, -0.2) is 49.7 Å². The summed E-state index contributed by atoms with van der Waals surface area (Å²) in [6, 6.07) is 0.235. The highest BCUT2D eigenvalue weighted by Crippen LogP contribution is 2.20. The largest absolute Gasteiger partial charge is 0.377 e. The van der Waals surface area contributed by atoms with Crippen molar-refractivity contribution in [3.63, 3.8) is 0 Å². The average molecular weight is 226 g/mol. The fourth-order valence-electron chi connectivity index (χ4n) is 2.63. The summed E-state index contributed by atoms with van der Waals surface area (Å²) >= 11 is 0. The molecule has 0 aromatic heterocycles. The lowest BCUT2D eigenvalue weighted by Gasteiger charge is -2.37. The minimum absolute atomic E-state index is 0.171. The molecular weight excluding hydrogens is 204 g/mol. The number of nitrogens with one attached hydrogen (secondary N) is 1. The van der Waals surface area contributed by atoms with E-state index in [4.69, 9.17) is 4.74 Å². The van der Waals surface area contributed by atoms with Crippen molar-refractivity contribution < 1.29 is 9.53 Å². The number of nitrogens with zero attached hydrogens (tertiary/aromatic N) is 1. The molecule has 0 bridgehead atoms. The van der Waals surface area contributed by atoms with E-state index in [0.29, 0.717) is 25.0 Å². The van der Waals surface area contributed by atoms with Gasteiger partial charge in [-0.1, -0.05) is 6.92 Å². The molecule has 2 saturated heterocycles. The zero-order chi connectivity index (χ0) is 11.5. The molecule has 92 valence electrons. The summed E-state index contributed by atoms with van der Waals surface area (Å²) in [6.45, 7) is 8.28. The van der Waals surface area contributed by atoms with Gasteiger partial charge in [0.2, 0.25) is 5.91 Å². The van der Waals surface area contributed by atoms with Crippen molar-refractivity contribution in [3.05, 3.63) is 0 Å². The normalized spacial score (nSPS) is 36.1. The van der Waals surface area contributed by atoms with Gasteiger partial charge in [0.1, 0.15) is 0 Å². The maximum Gasteiger partial charge on any atom is 0.227 e. The van der Waals surface area contributed by atoms with E-state index in [2.05, 4.69) is 19.2 Å². The van der Waals surface area contributed by atoms with Gasteiger partial charge in [0.15, 0.2) is 0 Å². The van der Waals surface area contributed by atoms with Crippen LogP contribution in [0.3, 0.4) is 0 Å².